The molecule has 1 saturated carbocycles. The van der Waals surface area contributed by atoms with Crippen LogP contribution in [0.25, 0.3) is 0 Å². The summed E-state index contributed by atoms with van der Waals surface area (Å²) in [6, 6.07) is 2.92. The first-order chi connectivity index (χ1) is 7.83. The molecule has 0 atom stereocenters. The van der Waals surface area contributed by atoms with E-state index in [-0.39, 0.29) is 0 Å². The summed E-state index contributed by atoms with van der Waals surface area (Å²) >= 11 is 1.89. The van der Waals surface area contributed by atoms with Crippen LogP contribution in [0.1, 0.15) is 36.1 Å². The molecule has 2 nitrogen and oxygen atoms in total. The van der Waals surface area contributed by atoms with Crippen molar-refractivity contribution in [1.29, 1.82) is 0 Å². The summed E-state index contributed by atoms with van der Waals surface area (Å²) < 4.78 is 0. The van der Waals surface area contributed by atoms with Crippen LogP contribution in [-0.4, -0.2) is 23.3 Å². The molecule has 1 aliphatic heterocycles. The molecule has 3 rings (SSSR count). The third-order valence-electron chi connectivity index (χ3n) is 3.87. The first-order valence-corrected chi connectivity index (χ1v) is 7.02. The zero-order chi connectivity index (χ0) is 11.0. The van der Waals surface area contributed by atoms with Crippen molar-refractivity contribution in [1.82, 2.24) is 4.90 Å². The van der Waals surface area contributed by atoms with Crippen molar-refractivity contribution in [2.75, 3.05) is 6.54 Å². The Hall–Kier alpha value is -0.670. The lowest BCUT2D eigenvalue weighted by molar-refractivity contribution is -0.121. The summed E-state index contributed by atoms with van der Waals surface area (Å²) in [7, 11) is 0. The summed E-state index contributed by atoms with van der Waals surface area (Å²) in [6.07, 6.45) is 4.98. The van der Waals surface area contributed by atoms with Gasteiger partial charge in [-0.15, -0.1) is 11.3 Å². The van der Waals surface area contributed by atoms with Gasteiger partial charge in [0.2, 0.25) is 0 Å². The van der Waals surface area contributed by atoms with Gasteiger partial charge in [-0.05, 0) is 36.3 Å². The maximum absolute atomic E-state index is 11.2. The second kappa shape index (κ2) is 4.30. The predicted octanol–water partition coefficient (Wildman–Crippen LogP) is 2.62. The van der Waals surface area contributed by atoms with E-state index in [2.05, 4.69) is 16.3 Å². The van der Waals surface area contributed by atoms with Crippen molar-refractivity contribution in [3.8, 4) is 0 Å². The van der Waals surface area contributed by atoms with Crippen LogP contribution in [0.4, 0.5) is 0 Å². The Bertz CT molecular complexity index is 388. The molecule has 3 heteroatoms. The highest BCUT2D eigenvalue weighted by atomic mass is 32.1. The molecule has 0 unspecified atom stereocenters. The summed E-state index contributed by atoms with van der Waals surface area (Å²) in [5, 5.41) is 2.21. The molecule has 0 radical (unpaired) electrons. The monoisotopic (exact) mass is 235 g/mol. The largest absolute Gasteiger partial charge is 0.300 e. The molecule has 2 heterocycles. The van der Waals surface area contributed by atoms with Crippen LogP contribution in [-0.2, 0) is 17.8 Å². The van der Waals surface area contributed by atoms with Crippen LogP contribution < -0.4 is 0 Å². The number of hydrogen-bond acceptors (Lipinski definition) is 3. The molecular weight excluding hydrogens is 218 g/mol. The van der Waals surface area contributed by atoms with Crippen molar-refractivity contribution < 1.29 is 4.79 Å². The highest BCUT2D eigenvalue weighted by Gasteiger charge is 2.27. The van der Waals surface area contributed by atoms with E-state index in [1.165, 1.54) is 18.5 Å². The van der Waals surface area contributed by atoms with Gasteiger partial charge in [0.15, 0.2) is 0 Å². The van der Waals surface area contributed by atoms with E-state index in [1.807, 2.05) is 11.3 Å². The maximum atomic E-state index is 11.2. The van der Waals surface area contributed by atoms with E-state index in [4.69, 9.17) is 0 Å². The highest BCUT2D eigenvalue weighted by molar-refractivity contribution is 7.10. The SMILES string of the molecule is O=C1CCC(N2CCc3sccc3C2)CC1. The molecule has 0 saturated heterocycles. The quantitative estimate of drug-likeness (QED) is 0.746. The molecular formula is C13H17NOS. The van der Waals surface area contributed by atoms with Crippen LogP contribution in [0, 0.1) is 0 Å². The third kappa shape index (κ3) is 1.94. The minimum atomic E-state index is 0.462. The van der Waals surface area contributed by atoms with Crippen molar-refractivity contribution in [2.45, 2.75) is 44.7 Å². The standard InChI is InChI=1S/C13H17NOS/c15-12-3-1-11(2-4-12)14-7-5-13-10(9-14)6-8-16-13/h6,8,11H,1-5,7,9H2. The molecule has 0 spiro atoms. The fourth-order valence-corrected chi connectivity index (χ4v) is 3.76. The summed E-state index contributed by atoms with van der Waals surface area (Å²) in [6.45, 7) is 2.30. The highest BCUT2D eigenvalue weighted by Crippen LogP contribution is 2.29. The van der Waals surface area contributed by atoms with Crippen molar-refractivity contribution in [2.24, 2.45) is 0 Å². The van der Waals surface area contributed by atoms with Gasteiger partial charge in [0.05, 0.1) is 0 Å². The van der Waals surface area contributed by atoms with Crippen LogP contribution in [0.2, 0.25) is 0 Å². The van der Waals surface area contributed by atoms with Crippen LogP contribution in [0.3, 0.4) is 0 Å². The molecule has 0 bridgehead atoms. The van der Waals surface area contributed by atoms with E-state index in [9.17, 15) is 4.79 Å². The van der Waals surface area contributed by atoms with E-state index < -0.39 is 0 Å². The van der Waals surface area contributed by atoms with Crippen LogP contribution in [0.15, 0.2) is 11.4 Å². The van der Waals surface area contributed by atoms with E-state index in [0.29, 0.717) is 11.8 Å². The van der Waals surface area contributed by atoms with Gasteiger partial charge in [-0.2, -0.15) is 0 Å². The van der Waals surface area contributed by atoms with E-state index in [0.717, 1.165) is 32.2 Å². The number of carbonyl (C=O) groups excluding carboxylic acids is 1. The minimum absolute atomic E-state index is 0.462. The molecule has 86 valence electrons. The third-order valence-corrected chi connectivity index (χ3v) is 4.89. The second-order valence-electron chi connectivity index (χ2n) is 4.86. The van der Waals surface area contributed by atoms with Crippen LogP contribution >= 0.6 is 11.3 Å². The number of fused-ring (bicyclic) bond motifs is 1. The fourth-order valence-electron chi connectivity index (χ4n) is 2.87. The van der Waals surface area contributed by atoms with Crippen molar-refractivity contribution in [3.05, 3.63) is 21.9 Å². The van der Waals surface area contributed by atoms with Crippen molar-refractivity contribution >= 4 is 17.1 Å². The minimum Gasteiger partial charge on any atom is -0.300 e. The van der Waals surface area contributed by atoms with Gasteiger partial charge in [0.1, 0.15) is 5.78 Å². The molecule has 0 N–H and O–H groups in total. The normalized spacial score (nSPS) is 23.4. The topological polar surface area (TPSA) is 20.3 Å². The van der Waals surface area contributed by atoms with Gasteiger partial charge < -0.3 is 0 Å². The van der Waals surface area contributed by atoms with Gasteiger partial charge in [-0.1, -0.05) is 0 Å². The Morgan fingerprint density at radius 2 is 2.06 bits per heavy atom. The summed E-state index contributed by atoms with van der Waals surface area (Å²) in [4.78, 5) is 15.4. The molecule has 2 aliphatic rings. The number of ketones is 1. The fraction of sp³-hybridized carbons (Fsp3) is 0.615. The van der Waals surface area contributed by atoms with E-state index >= 15 is 0 Å². The van der Waals surface area contributed by atoms with Gasteiger partial charge >= 0.3 is 0 Å². The number of Topliss-reactive ketones (excluding diaryl/α,β-unsaturated/α-hetero) is 1. The van der Waals surface area contributed by atoms with Gasteiger partial charge in [-0.3, -0.25) is 9.69 Å². The Labute approximate surface area is 100 Å². The van der Waals surface area contributed by atoms with Gasteiger partial charge in [0.25, 0.3) is 0 Å². The molecule has 1 fully saturated rings. The maximum Gasteiger partial charge on any atom is 0.133 e. The molecule has 0 aromatic carbocycles. The average Bonchev–Trinajstić information content (AvgIpc) is 2.77. The Balaban J connectivity index is 1.67. The summed E-state index contributed by atoms with van der Waals surface area (Å²) in [5.74, 6) is 0.462. The number of carbonyl (C=O) groups is 1. The van der Waals surface area contributed by atoms with E-state index in [1.54, 1.807) is 4.88 Å². The molecule has 16 heavy (non-hydrogen) atoms. The average molecular weight is 235 g/mol. The zero-order valence-electron chi connectivity index (χ0n) is 9.45. The number of thiophene rings is 1. The smallest absolute Gasteiger partial charge is 0.133 e. The number of hydrogen-bond donors (Lipinski definition) is 0. The first kappa shape index (κ1) is 10.5. The molecule has 1 aromatic rings. The Morgan fingerprint density at radius 3 is 2.88 bits per heavy atom. The molecule has 0 amide bonds. The Kier molecular flexibility index (Phi) is 2.82. The number of rotatable bonds is 1. The Morgan fingerprint density at radius 1 is 1.25 bits per heavy atom. The number of nitrogens with zero attached hydrogens (tertiary/aromatic N) is 1. The lowest BCUT2D eigenvalue weighted by Gasteiger charge is -2.36. The van der Waals surface area contributed by atoms with Gasteiger partial charge in [0, 0.05) is 36.9 Å². The lowest BCUT2D eigenvalue weighted by Crippen LogP contribution is -2.41. The second-order valence-corrected chi connectivity index (χ2v) is 5.86. The predicted molar refractivity (Wildman–Crippen MR) is 65.7 cm³/mol. The van der Waals surface area contributed by atoms with Crippen molar-refractivity contribution in [3.63, 3.8) is 0 Å². The summed E-state index contributed by atoms with van der Waals surface area (Å²) in [5.41, 5.74) is 1.52. The molecule has 1 aliphatic carbocycles. The zero-order valence-corrected chi connectivity index (χ0v) is 10.3. The first-order valence-electron chi connectivity index (χ1n) is 6.14. The van der Waals surface area contributed by atoms with Crippen LogP contribution in [0.5, 0.6) is 0 Å². The lowest BCUT2D eigenvalue weighted by atomic mass is 9.92. The molecule has 1 aromatic heterocycles. The van der Waals surface area contributed by atoms with Gasteiger partial charge in [-0.25, -0.2) is 0 Å².